The van der Waals surface area contributed by atoms with Crippen LogP contribution in [0.1, 0.15) is 23.1 Å². The lowest BCUT2D eigenvalue weighted by Crippen LogP contribution is -2.35. The molecule has 0 bridgehead atoms. The summed E-state index contributed by atoms with van der Waals surface area (Å²) in [6.07, 6.45) is 1.79. The van der Waals surface area contributed by atoms with Crippen LogP contribution in [0.4, 0.5) is 0 Å². The van der Waals surface area contributed by atoms with Crippen LogP contribution in [-0.4, -0.2) is 11.7 Å². The Morgan fingerprint density at radius 3 is 2.58 bits per heavy atom. The molecule has 0 aliphatic heterocycles. The monoisotopic (exact) mass is 253 g/mol. The summed E-state index contributed by atoms with van der Waals surface area (Å²) in [5.41, 5.74) is 2.92. The van der Waals surface area contributed by atoms with Crippen molar-refractivity contribution in [2.75, 3.05) is 6.54 Å². The molecule has 1 aliphatic rings. The van der Waals surface area contributed by atoms with E-state index in [4.69, 9.17) is 0 Å². The van der Waals surface area contributed by atoms with Gasteiger partial charge in [0.15, 0.2) is 0 Å². The maximum atomic E-state index is 10.8. The average Bonchev–Trinajstić information content (AvgIpc) is 2.79. The molecule has 0 radical (unpaired) electrons. The molecule has 2 heteroatoms. The first-order valence-corrected chi connectivity index (χ1v) is 6.83. The minimum Gasteiger partial charge on any atom is -0.384 e. The summed E-state index contributed by atoms with van der Waals surface area (Å²) in [5.74, 6) is 0. The minimum absolute atomic E-state index is 0.610. The SMILES string of the molecule is OC1(CNCc2ccccc2)CCc2ccccc21. The lowest BCUT2D eigenvalue weighted by Gasteiger charge is -2.24. The maximum Gasteiger partial charge on any atom is 0.103 e. The molecule has 2 nitrogen and oxygen atoms in total. The molecule has 1 aliphatic carbocycles. The van der Waals surface area contributed by atoms with Gasteiger partial charge in [-0.3, -0.25) is 0 Å². The summed E-state index contributed by atoms with van der Waals surface area (Å²) in [6.45, 7) is 1.41. The Hall–Kier alpha value is -1.64. The molecule has 1 atom stereocenters. The minimum atomic E-state index is -0.703. The summed E-state index contributed by atoms with van der Waals surface area (Å²) in [6, 6.07) is 18.5. The number of nitrogens with one attached hydrogen (secondary N) is 1. The zero-order valence-corrected chi connectivity index (χ0v) is 11.0. The second kappa shape index (κ2) is 5.16. The zero-order valence-electron chi connectivity index (χ0n) is 11.0. The average molecular weight is 253 g/mol. The first-order valence-electron chi connectivity index (χ1n) is 6.83. The van der Waals surface area contributed by atoms with Crippen LogP contribution in [0, 0.1) is 0 Å². The van der Waals surface area contributed by atoms with E-state index in [1.165, 1.54) is 11.1 Å². The third-order valence-electron chi connectivity index (χ3n) is 3.92. The van der Waals surface area contributed by atoms with E-state index in [0.717, 1.165) is 24.9 Å². The molecule has 2 aromatic rings. The van der Waals surface area contributed by atoms with Crippen LogP contribution in [-0.2, 0) is 18.6 Å². The highest BCUT2D eigenvalue weighted by atomic mass is 16.3. The van der Waals surface area contributed by atoms with Gasteiger partial charge in [-0.25, -0.2) is 0 Å². The first-order chi connectivity index (χ1) is 9.28. The van der Waals surface area contributed by atoms with Crippen molar-refractivity contribution in [2.24, 2.45) is 0 Å². The molecule has 0 saturated carbocycles. The molecule has 98 valence electrons. The molecule has 2 aromatic carbocycles. The van der Waals surface area contributed by atoms with Crippen molar-refractivity contribution in [3.05, 3.63) is 71.3 Å². The van der Waals surface area contributed by atoms with Gasteiger partial charge in [0.25, 0.3) is 0 Å². The van der Waals surface area contributed by atoms with Crippen LogP contribution in [0.15, 0.2) is 54.6 Å². The van der Waals surface area contributed by atoms with Gasteiger partial charge in [-0.05, 0) is 29.5 Å². The summed E-state index contributed by atoms with van der Waals surface area (Å²) in [7, 11) is 0. The Morgan fingerprint density at radius 1 is 1.00 bits per heavy atom. The number of fused-ring (bicyclic) bond motifs is 1. The van der Waals surface area contributed by atoms with Crippen LogP contribution in [0.3, 0.4) is 0 Å². The standard InChI is InChI=1S/C17H19NO/c19-17(11-10-15-8-4-5-9-16(15)17)13-18-12-14-6-2-1-3-7-14/h1-9,18-19H,10-13H2. The first kappa shape index (κ1) is 12.4. The Kier molecular flexibility index (Phi) is 3.36. The van der Waals surface area contributed by atoms with Crippen molar-refractivity contribution in [3.63, 3.8) is 0 Å². The predicted octanol–water partition coefficient (Wildman–Crippen LogP) is 2.61. The molecule has 2 N–H and O–H groups in total. The number of hydrogen-bond acceptors (Lipinski definition) is 2. The fourth-order valence-electron chi connectivity index (χ4n) is 2.86. The van der Waals surface area contributed by atoms with Gasteiger partial charge in [0.05, 0.1) is 0 Å². The van der Waals surface area contributed by atoms with Gasteiger partial charge in [0.2, 0.25) is 0 Å². The van der Waals surface area contributed by atoms with Crippen molar-refractivity contribution < 1.29 is 5.11 Å². The van der Waals surface area contributed by atoms with Crippen LogP contribution in [0.2, 0.25) is 0 Å². The van der Waals surface area contributed by atoms with Gasteiger partial charge >= 0.3 is 0 Å². The third kappa shape index (κ3) is 2.55. The van der Waals surface area contributed by atoms with E-state index in [9.17, 15) is 5.11 Å². The maximum absolute atomic E-state index is 10.8. The second-order valence-corrected chi connectivity index (χ2v) is 5.28. The van der Waals surface area contributed by atoms with E-state index >= 15 is 0 Å². The Balaban J connectivity index is 1.65. The molecule has 0 saturated heterocycles. The molecule has 0 heterocycles. The van der Waals surface area contributed by atoms with Crippen molar-refractivity contribution in [1.82, 2.24) is 5.32 Å². The number of aryl methyl sites for hydroxylation is 1. The molecule has 3 rings (SSSR count). The predicted molar refractivity (Wildman–Crippen MR) is 76.8 cm³/mol. The van der Waals surface area contributed by atoms with Gasteiger partial charge in [-0.2, -0.15) is 0 Å². The highest BCUT2D eigenvalue weighted by Crippen LogP contribution is 2.36. The molecule has 0 amide bonds. The van der Waals surface area contributed by atoms with Gasteiger partial charge in [0, 0.05) is 13.1 Å². The summed E-state index contributed by atoms with van der Waals surface area (Å²) < 4.78 is 0. The van der Waals surface area contributed by atoms with Gasteiger partial charge in [-0.15, -0.1) is 0 Å². The Morgan fingerprint density at radius 2 is 1.74 bits per heavy atom. The van der Waals surface area contributed by atoms with Crippen molar-refractivity contribution in [3.8, 4) is 0 Å². The summed E-state index contributed by atoms with van der Waals surface area (Å²) in [5, 5.41) is 14.1. The van der Waals surface area contributed by atoms with Crippen LogP contribution < -0.4 is 5.32 Å². The third-order valence-corrected chi connectivity index (χ3v) is 3.92. The van der Waals surface area contributed by atoms with E-state index in [-0.39, 0.29) is 0 Å². The molecule has 0 spiro atoms. The van der Waals surface area contributed by atoms with Gasteiger partial charge in [0.1, 0.15) is 5.60 Å². The van der Waals surface area contributed by atoms with Crippen molar-refractivity contribution in [2.45, 2.75) is 25.0 Å². The Labute approximate surface area is 114 Å². The van der Waals surface area contributed by atoms with Crippen molar-refractivity contribution >= 4 is 0 Å². The van der Waals surface area contributed by atoms with Crippen LogP contribution >= 0.6 is 0 Å². The second-order valence-electron chi connectivity index (χ2n) is 5.28. The van der Waals surface area contributed by atoms with Crippen LogP contribution in [0.25, 0.3) is 0 Å². The molecule has 1 unspecified atom stereocenters. The summed E-state index contributed by atoms with van der Waals surface area (Å²) >= 11 is 0. The largest absolute Gasteiger partial charge is 0.384 e. The molecular formula is C17H19NO. The Bertz CT molecular complexity index is 552. The van der Waals surface area contributed by atoms with Crippen molar-refractivity contribution in [1.29, 1.82) is 0 Å². The molecule has 19 heavy (non-hydrogen) atoms. The number of rotatable bonds is 4. The molecule has 0 fully saturated rings. The fourth-order valence-corrected chi connectivity index (χ4v) is 2.86. The highest BCUT2D eigenvalue weighted by molar-refractivity contribution is 5.37. The van der Waals surface area contributed by atoms with E-state index in [1.807, 2.05) is 36.4 Å². The summed E-state index contributed by atoms with van der Waals surface area (Å²) in [4.78, 5) is 0. The van der Waals surface area contributed by atoms with Gasteiger partial charge < -0.3 is 10.4 Å². The van der Waals surface area contributed by atoms with E-state index in [1.54, 1.807) is 0 Å². The number of benzene rings is 2. The lowest BCUT2D eigenvalue weighted by atomic mass is 9.96. The molecular weight excluding hydrogens is 234 g/mol. The fraction of sp³-hybridized carbons (Fsp3) is 0.294. The topological polar surface area (TPSA) is 32.3 Å². The van der Waals surface area contributed by atoms with E-state index < -0.39 is 5.60 Å². The zero-order chi connectivity index (χ0) is 13.1. The van der Waals surface area contributed by atoms with Crippen LogP contribution in [0.5, 0.6) is 0 Å². The smallest absolute Gasteiger partial charge is 0.103 e. The normalized spacial score (nSPS) is 21.3. The quantitative estimate of drug-likeness (QED) is 0.878. The van der Waals surface area contributed by atoms with Gasteiger partial charge in [-0.1, -0.05) is 54.6 Å². The highest BCUT2D eigenvalue weighted by Gasteiger charge is 2.35. The van der Waals surface area contributed by atoms with E-state index in [0.29, 0.717) is 6.54 Å². The van der Waals surface area contributed by atoms with E-state index in [2.05, 4.69) is 23.5 Å². The number of hydrogen-bond donors (Lipinski definition) is 2. The molecule has 0 aromatic heterocycles. The number of aliphatic hydroxyl groups is 1. The lowest BCUT2D eigenvalue weighted by molar-refractivity contribution is 0.0384.